The summed E-state index contributed by atoms with van der Waals surface area (Å²) in [6.07, 6.45) is -1.76. The molecule has 0 saturated heterocycles. The Morgan fingerprint density at radius 2 is 1.95 bits per heavy atom. The first-order valence-electron chi connectivity index (χ1n) is 11.5. The molecule has 11 heteroatoms. The van der Waals surface area contributed by atoms with Crippen molar-refractivity contribution in [3.05, 3.63) is 76.0 Å². The Balaban J connectivity index is 2.06. The standard InChI is InChI=1S/C27H25ClF3N3O4/c1-33(25-17(6-4-8-23(25)37-2)7-5-9-24(35)38-3)26(36)20-11-10-19(28)14-21(20)22-16-34(27(29,30)31)13-12-18(22)15-32/h4,6,8,10-14H,5,7,9,16H2,1-3H3. The van der Waals surface area contributed by atoms with Gasteiger partial charge < -0.3 is 14.4 Å². The zero-order valence-electron chi connectivity index (χ0n) is 20.9. The van der Waals surface area contributed by atoms with E-state index in [1.165, 1.54) is 44.4 Å². The lowest BCUT2D eigenvalue weighted by Crippen LogP contribution is -2.36. The molecule has 0 unspecified atom stereocenters. The number of methoxy groups -OCH3 is 2. The van der Waals surface area contributed by atoms with Crippen molar-refractivity contribution in [3.8, 4) is 11.8 Å². The molecule has 0 spiro atoms. The second-order valence-corrected chi connectivity index (χ2v) is 8.80. The Morgan fingerprint density at radius 3 is 2.58 bits per heavy atom. The zero-order chi connectivity index (χ0) is 28.0. The fourth-order valence-electron chi connectivity index (χ4n) is 4.16. The number of esters is 1. The predicted molar refractivity (Wildman–Crippen MR) is 137 cm³/mol. The van der Waals surface area contributed by atoms with E-state index in [2.05, 4.69) is 4.74 Å². The fourth-order valence-corrected chi connectivity index (χ4v) is 4.33. The van der Waals surface area contributed by atoms with Gasteiger partial charge in [-0.3, -0.25) is 14.5 Å². The van der Waals surface area contributed by atoms with Gasteiger partial charge in [-0.25, -0.2) is 0 Å². The van der Waals surface area contributed by atoms with Crippen LogP contribution in [0.15, 0.2) is 54.2 Å². The van der Waals surface area contributed by atoms with Gasteiger partial charge in [-0.05, 0) is 59.9 Å². The quantitative estimate of drug-likeness (QED) is 0.309. The number of allylic oxidation sites excluding steroid dienone is 2. The van der Waals surface area contributed by atoms with Crippen molar-refractivity contribution in [3.63, 3.8) is 0 Å². The molecule has 2 aromatic rings. The maximum absolute atomic E-state index is 13.8. The molecule has 3 rings (SSSR count). The van der Waals surface area contributed by atoms with E-state index in [0.29, 0.717) is 24.3 Å². The Morgan fingerprint density at radius 1 is 1.21 bits per heavy atom. The fraction of sp³-hybridized carbons (Fsp3) is 0.296. The third kappa shape index (κ3) is 6.29. The Labute approximate surface area is 223 Å². The van der Waals surface area contributed by atoms with E-state index in [9.17, 15) is 28.0 Å². The van der Waals surface area contributed by atoms with Gasteiger partial charge in [-0.2, -0.15) is 18.4 Å². The summed E-state index contributed by atoms with van der Waals surface area (Å²) in [5.74, 6) is -0.512. The van der Waals surface area contributed by atoms with Gasteiger partial charge in [-0.15, -0.1) is 0 Å². The summed E-state index contributed by atoms with van der Waals surface area (Å²) in [5.41, 5.74) is 1.35. The number of rotatable bonds is 8. The Hall–Kier alpha value is -3.97. The summed E-state index contributed by atoms with van der Waals surface area (Å²) < 4.78 is 50.6. The molecule has 0 aromatic heterocycles. The molecule has 1 amide bonds. The van der Waals surface area contributed by atoms with Crippen molar-refractivity contribution < 1.29 is 32.2 Å². The van der Waals surface area contributed by atoms with Crippen molar-refractivity contribution in [2.75, 3.05) is 32.7 Å². The minimum atomic E-state index is -4.68. The van der Waals surface area contributed by atoms with Gasteiger partial charge in [0.2, 0.25) is 0 Å². The zero-order valence-corrected chi connectivity index (χ0v) is 21.7. The number of anilines is 1. The highest BCUT2D eigenvalue weighted by molar-refractivity contribution is 6.31. The Kier molecular flexibility index (Phi) is 9.07. The second kappa shape index (κ2) is 12.0. The average Bonchev–Trinajstić information content (AvgIpc) is 2.90. The van der Waals surface area contributed by atoms with E-state index in [1.54, 1.807) is 18.2 Å². The summed E-state index contributed by atoms with van der Waals surface area (Å²) in [6, 6.07) is 11.4. The van der Waals surface area contributed by atoms with Crippen molar-refractivity contribution in [1.82, 2.24) is 4.90 Å². The minimum Gasteiger partial charge on any atom is -0.495 e. The highest BCUT2D eigenvalue weighted by Gasteiger charge is 2.38. The van der Waals surface area contributed by atoms with Gasteiger partial charge in [0.1, 0.15) is 5.75 Å². The number of benzene rings is 2. The van der Waals surface area contributed by atoms with E-state index in [1.807, 2.05) is 6.07 Å². The van der Waals surface area contributed by atoms with Crippen molar-refractivity contribution in [2.45, 2.75) is 25.6 Å². The number of para-hydroxylation sites is 1. The van der Waals surface area contributed by atoms with Crippen LogP contribution in [0.3, 0.4) is 0 Å². The highest BCUT2D eigenvalue weighted by Crippen LogP contribution is 2.37. The monoisotopic (exact) mass is 547 g/mol. The molecular formula is C27H25ClF3N3O4. The molecule has 1 aliphatic heterocycles. The number of alkyl halides is 3. The summed E-state index contributed by atoms with van der Waals surface area (Å²) in [7, 11) is 4.27. The van der Waals surface area contributed by atoms with Crippen molar-refractivity contribution in [1.29, 1.82) is 5.26 Å². The summed E-state index contributed by atoms with van der Waals surface area (Å²) >= 11 is 6.18. The topological polar surface area (TPSA) is 82.9 Å². The summed E-state index contributed by atoms with van der Waals surface area (Å²) in [5, 5.41) is 9.80. The van der Waals surface area contributed by atoms with E-state index in [4.69, 9.17) is 16.3 Å². The van der Waals surface area contributed by atoms with E-state index < -0.39 is 18.8 Å². The minimum absolute atomic E-state index is 0.00902. The maximum atomic E-state index is 13.8. The highest BCUT2D eigenvalue weighted by atomic mass is 35.5. The number of carbonyl (C=O) groups excluding carboxylic acids is 2. The molecule has 0 aliphatic carbocycles. The van der Waals surface area contributed by atoms with Crippen molar-refractivity contribution in [2.24, 2.45) is 0 Å². The summed E-state index contributed by atoms with van der Waals surface area (Å²) in [6.45, 7) is -0.666. The van der Waals surface area contributed by atoms with Gasteiger partial charge in [0, 0.05) is 30.3 Å². The number of nitriles is 1. The average molecular weight is 548 g/mol. The van der Waals surface area contributed by atoms with Crippen LogP contribution in [-0.4, -0.2) is 50.9 Å². The molecule has 1 heterocycles. The SMILES string of the molecule is COC(=O)CCCc1cccc(OC)c1N(C)C(=O)c1ccc(Cl)cc1C1=C(C#N)C=CN(C(F)(F)F)C1. The lowest BCUT2D eigenvalue weighted by Gasteiger charge is -2.29. The first-order chi connectivity index (χ1) is 18.0. The maximum Gasteiger partial charge on any atom is 0.484 e. The predicted octanol–water partition coefficient (Wildman–Crippen LogP) is 5.75. The molecule has 0 radical (unpaired) electrons. The molecule has 38 heavy (non-hydrogen) atoms. The first kappa shape index (κ1) is 28.6. The van der Waals surface area contributed by atoms with Crippen LogP contribution < -0.4 is 9.64 Å². The van der Waals surface area contributed by atoms with Crippen LogP contribution in [-0.2, 0) is 16.0 Å². The van der Waals surface area contributed by atoms with Gasteiger partial charge in [0.15, 0.2) is 0 Å². The van der Waals surface area contributed by atoms with Crippen LogP contribution in [0.1, 0.15) is 34.3 Å². The number of ether oxygens (including phenoxy) is 2. The van der Waals surface area contributed by atoms with Crippen molar-refractivity contribution >= 4 is 34.7 Å². The van der Waals surface area contributed by atoms with Crippen LogP contribution in [0.25, 0.3) is 5.57 Å². The van der Waals surface area contributed by atoms with Crippen LogP contribution in [0, 0.1) is 11.3 Å². The molecule has 0 N–H and O–H groups in total. The molecule has 7 nitrogen and oxygen atoms in total. The van der Waals surface area contributed by atoms with E-state index in [-0.39, 0.29) is 44.6 Å². The van der Waals surface area contributed by atoms with Crippen LogP contribution in [0.2, 0.25) is 5.02 Å². The number of hydrogen-bond donors (Lipinski definition) is 0. The number of nitrogens with zero attached hydrogens (tertiary/aromatic N) is 3. The molecule has 0 atom stereocenters. The van der Waals surface area contributed by atoms with Gasteiger partial charge in [0.05, 0.1) is 38.1 Å². The first-order valence-corrected chi connectivity index (χ1v) is 11.8. The van der Waals surface area contributed by atoms with E-state index in [0.717, 1.165) is 17.8 Å². The lowest BCUT2D eigenvalue weighted by atomic mass is 9.92. The smallest absolute Gasteiger partial charge is 0.484 e. The van der Waals surface area contributed by atoms with Crippen LogP contribution in [0.5, 0.6) is 5.75 Å². The molecule has 0 bridgehead atoms. The molecule has 200 valence electrons. The largest absolute Gasteiger partial charge is 0.495 e. The normalized spacial score (nSPS) is 13.3. The van der Waals surface area contributed by atoms with Gasteiger partial charge in [0.25, 0.3) is 5.91 Å². The lowest BCUT2D eigenvalue weighted by molar-refractivity contribution is -0.223. The van der Waals surface area contributed by atoms with E-state index >= 15 is 0 Å². The number of aryl methyl sites for hydroxylation is 1. The molecule has 2 aromatic carbocycles. The Bertz CT molecular complexity index is 1330. The van der Waals surface area contributed by atoms with Gasteiger partial charge >= 0.3 is 12.3 Å². The third-order valence-electron chi connectivity index (χ3n) is 6.06. The number of halogens is 4. The molecule has 0 fully saturated rings. The molecule has 1 aliphatic rings. The molecular weight excluding hydrogens is 523 g/mol. The van der Waals surface area contributed by atoms with Gasteiger partial charge in [-0.1, -0.05) is 23.7 Å². The molecule has 0 saturated carbocycles. The number of hydrogen-bond acceptors (Lipinski definition) is 6. The summed E-state index contributed by atoms with van der Waals surface area (Å²) in [4.78, 5) is 26.9. The second-order valence-electron chi connectivity index (χ2n) is 8.37. The third-order valence-corrected chi connectivity index (χ3v) is 6.29. The van der Waals surface area contributed by atoms with Crippen LogP contribution >= 0.6 is 11.6 Å². The van der Waals surface area contributed by atoms with Crippen LogP contribution in [0.4, 0.5) is 18.9 Å². The number of amides is 1. The number of carbonyl (C=O) groups is 2.